The molecule has 0 radical (unpaired) electrons. The summed E-state index contributed by atoms with van der Waals surface area (Å²) in [5.74, 6) is 0.770. The van der Waals surface area contributed by atoms with Crippen molar-refractivity contribution in [3.8, 4) is 11.4 Å². The van der Waals surface area contributed by atoms with E-state index in [9.17, 15) is 0 Å². The van der Waals surface area contributed by atoms with Crippen LogP contribution in [0.3, 0.4) is 0 Å². The third kappa shape index (κ3) is 1.74. The predicted molar refractivity (Wildman–Crippen MR) is 73.5 cm³/mol. The van der Waals surface area contributed by atoms with E-state index in [1.807, 2.05) is 31.2 Å². The summed E-state index contributed by atoms with van der Waals surface area (Å²) in [5.41, 5.74) is 5.02. The third-order valence-electron chi connectivity index (χ3n) is 3.70. The van der Waals surface area contributed by atoms with Gasteiger partial charge < -0.3 is 4.89 Å². The average molecular weight is 269 g/mol. The van der Waals surface area contributed by atoms with Gasteiger partial charge in [0.1, 0.15) is 12.3 Å². The lowest BCUT2D eigenvalue weighted by molar-refractivity contribution is -0.208. The number of nitrogens with zero attached hydrogens (tertiary/aromatic N) is 3. The fourth-order valence-corrected chi connectivity index (χ4v) is 2.83. The van der Waals surface area contributed by atoms with Gasteiger partial charge in [-0.2, -0.15) is 9.99 Å². The number of hydrogen-bond donors (Lipinski definition) is 0. The van der Waals surface area contributed by atoms with Crippen LogP contribution in [0.4, 0.5) is 0 Å². The van der Waals surface area contributed by atoms with Crippen molar-refractivity contribution in [1.82, 2.24) is 14.8 Å². The highest BCUT2D eigenvalue weighted by Gasteiger charge is 2.28. The van der Waals surface area contributed by atoms with Gasteiger partial charge in [0.25, 0.3) is 0 Å². The molecule has 0 fully saturated rings. The van der Waals surface area contributed by atoms with Crippen molar-refractivity contribution >= 4 is 5.76 Å². The molecule has 2 aromatic heterocycles. The zero-order valence-electron chi connectivity index (χ0n) is 11.3. The number of rotatable bonds is 2. The molecule has 5 nitrogen and oxygen atoms in total. The fourth-order valence-electron chi connectivity index (χ4n) is 2.83. The van der Waals surface area contributed by atoms with Crippen molar-refractivity contribution in [3.05, 3.63) is 41.2 Å². The Hall–Kier alpha value is -2.14. The van der Waals surface area contributed by atoms with Crippen LogP contribution in [0.5, 0.6) is 0 Å². The molecular formula is C15H15N3O2. The topological polar surface area (TPSA) is 49.2 Å². The molecule has 0 unspecified atom stereocenters. The smallest absolute Gasteiger partial charge is 0.175 e. The molecule has 0 aromatic carbocycles. The molecule has 0 amide bonds. The molecule has 2 aliphatic rings. The molecule has 0 atom stereocenters. The lowest BCUT2D eigenvalue weighted by atomic mass is 10.1. The van der Waals surface area contributed by atoms with Crippen LogP contribution in [0.15, 0.2) is 24.3 Å². The summed E-state index contributed by atoms with van der Waals surface area (Å²) in [6.07, 6.45) is 4.11. The van der Waals surface area contributed by atoms with Crippen molar-refractivity contribution in [3.63, 3.8) is 0 Å². The van der Waals surface area contributed by atoms with E-state index in [1.165, 1.54) is 5.69 Å². The summed E-state index contributed by atoms with van der Waals surface area (Å²) in [7, 11) is 0. The van der Waals surface area contributed by atoms with Crippen molar-refractivity contribution in [2.45, 2.75) is 26.3 Å². The van der Waals surface area contributed by atoms with Crippen LogP contribution < -0.4 is 0 Å². The maximum absolute atomic E-state index is 5.29. The van der Waals surface area contributed by atoms with Crippen LogP contribution >= 0.6 is 0 Å². The standard InChI is InChI=1S/C15H15N3O2/c1-10-4-2-5-11(16-10)15-14(13-7-9-19-20-13)12-6-3-8-18(12)17-15/h2,4-5,7H,3,6,8-9H2,1H3. The monoisotopic (exact) mass is 269 g/mol. The quantitative estimate of drug-likeness (QED) is 0.786. The van der Waals surface area contributed by atoms with Crippen LogP contribution in [0.25, 0.3) is 17.1 Å². The zero-order valence-corrected chi connectivity index (χ0v) is 11.3. The molecule has 0 saturated carbocycles. The second-order valence-corrected chi connectivity index (χ2v) is 5.10. The van der Waals surface area contributed by atoms with E-state index in [-0.39, 0.29) is 0 Å². The molecule has 0 bridgehead atoms. The maximum Gasteiger partial charge on any atom is 0.175 e. The van der Waals surface area contributed by atoms with Gasteiger partial charge in [0.15, 0.2) is 5.76 Å². The van der Waals surface area contributed by atoms with Gasteiger partial charge in [-0.05, 0) is 38.0 Å². The van der Waals surface area contributed by atoms with E-state index >= 15 is 0 Å². The van der Waals surface area contributed by atoms with Gasteiger partial charge in [-0.25, -0.2) is 0 Å². The highest BCUT2D eigenvalue weighted by molar-refractivity contribution is 5.77. The van der Waals surface area contributed by atoms with Crippen LogP contribution in [0, 0.1) is 6.92 Å². The van der Waals surface area contributed by atoms with E-state index in [0.29, 0.717) is 6.61 Å². The van der Waals surface area contributed by atoms with E-state index in [2.05, 4.69) is 9.67 Å². The summed E-state index contributed by atoms with van der Waals surface area (Å²) in [5, 5.41) is 4.72. The molecule has 0 aliphatic carbocycles. The summed E-state index contributed by atoms with van der Waals surface area (Å²) in [6, 6.07) is 5.98. The van der Waals surface area contributed by atoms with Gasteiger partial charge in [-0.15, -0.1) is 0 Å². The predicted octanol–water partition coefficient (Wildman–Crippen LogP) is 2.50. The molecule has 5 heteroatoms. The highest BCUT2D eigenvalue weighted by atomic mass is 17.2. The van der Waals surface area contributed by atoms with Crippen molar-refractivity contribution in [2.75, 3.05) is 6.61 Å². The minimum atomic E-state index is 0.487. The van der Waals surface area contributed by atoms with Crippen LogP contribution in [0.2, 0.25) is 0 Å². The molecule has 102 valence electrons. The molecular weight excluding hydrogens is 254 g/mol. The Bertz CT molecular complexity index is 703. The molecule has 2 aliphatic heterocycles. The van der Waals surface area contributed by atoms with Gasteiger partial charge in [0.05, 0.1) is 17.0 Å². The summed E-state index contributed by atoms with van der Waals surface area (Å²) in [6.45, 7) is 3.43. The summed E-state index contributed by atoms with van der Waals surface area (Å²) >= 11 is 0. The molecule has 0 N–H and O–H groups in total. The van der Waals surface area contributed by atoms with Gasteiger partial charge in [0.2, 0.25) is 0 Å². The number of aryl methyl sites for hydroxylation is 2. The number of fused-ring (bicyclic) bond motifs is 1. The third-order valence-corrected chi connectivity index (χ3v) is 3.70. The van der Waals surface area contributed by atoms with Gasteiger partial charge in [-0.3, -0.25) is 9.67 Å². The minimum absolute atomic E-state index is 0.487. The Kier molecular flexibility index (Phi) is 2.60. The minimum Gasteiger partial charge on any atom is -0.337 e. The van der Waals surface area contributed by atoms with E-state index in [4.69, 9.17) is 14.9 Å². The largest absolute Gasteiger partial charge is 0.337 e. The van der Waals surface area contributed by atoms with Gasteiger partial charge in [-0.1, -0.05) is 6.07 Å². The van der Waals surface area contributed by atoms with Gasteiger partial charge in [0, 0.05) is 12.2 Å². The normalized spacial score (nSPS) is 16.9. The molecule has 4 heterocycles. The van der Waals surface area contributed by atoms with Crippen LogP contribution in [0.1, 0.15) is 23.4 Å². The molecule has 0 saturated heterocycles. The molecule has 2 aromatic rings. The SMILES string of the molecule is Cc1cccc(-c2nn3c(c2C2=CCOO2)CCC3)n1. The zero-order chi connectivity index (χ0) is 13.5. The molecule has 0 spiro atoms. The Morgan fingerprint density at radius 2 is 2.25 bits per heavy atom. The van der Waals surface area contributed by atoms with Crippen molar-refractivity contribution in [2.24, 2.45) is 0 Å². The summed E-state index contributed by atoms with van der Waals surface area (Å²) < 4.78 is 2.07. The number of pyridine rings is 1. The Balaban J connectivity index is 1.91. The maximum atomic E-state index is 5.29. The van der Waals surface area contributed by atoms with Crippen molar-refractivity contribution < 1.29 is 9.78 Å². The highest BCUT2D eigenvalue weighted by Crippen LogP contribution is 2.35. The van der Waals surface area contributed by atoms with E-state index < -0.39 is 0 Å². The Morgan fingerprint density at radius 3 is 3.05 bits per heavy atom. The fraction of sp³-hybridized carbons (Fsp3) is 0.333. The lowest BCUT2D eigenvalue weighted by Gasteiger charge is -2.05. The molecule has 4 rings (SSSR count). The first-order valence-corrected chi connectivity index (χ1v) is 6.86. The second-order valence-electron chi connectivity index (χ2n) is 5.10. The molecule has 20 heavy (non-hydrogen) atoms. The van der Waals surface area contributed by atoms with Gasteiger partial charge >= 0.3 is 0 Å². The Labute approximate surface area is 116 Å². The van der Waals surface area contributed by atoms with Crippen molar-refractivity contribution in [1.29, 1.82) is 0 Å². The first-order valence-electron chi connectivity index (χ1n) is 6.86. The van der Waals surface area contributed by atoms with Crippen LogP contribution in [-0.2, 0) is 22.7 Å². The van der Waals surface area contributed by atoms with E-state index in [1.54, 1.807) is 0 Å². The second kappa shape index (κ2) is 4.45. The van der Waals surface area contributed by atoms with E-state index in [0.717, 1.165) is 47.8 Å². The first kappa shape index (κ1) is 11.7. The average Bonchev–Trinajstić information content (AvgIpc) is 3.14. The lowest BCUT2D eigenvalue weighted by Crippen LogP contribution is -1.95. The first-order chi connectivity index (χ1) is 9.83. The number of aromatic nitrogens is 3. The van der Waals surface area contributed by atoms with Crippen LogP contribution in [-0.4, -0.2) is 21.4 Å². The Morgan fingerprint density at radius 1 is 1.30 bits per heavy atom. The summed E-state index contributed by atoms with van der Waals surface area (Å²) in [4.78, 5) is 14.9. The number of hydrogen-bond acceptors (Lipinski definition) is 4.